The standard InChI is InChI=1S/C14H24N4O2/c1-3-18-11-13(9-15-18)10-16-5-4-6-17(8-7-16)14(19)12-20-2/h9,11H,3-8,10,12H2,1-2H3. The van der Waals surface area contributed by atoms with Crippen LogP contribution in [0.1, 0.15) is 18.9 Å². The summed E-state index contributed by atoms with van der Waals surface area (Å²) in [4.78, 5) is 16.1. The molecular formula is C14H24N4O2. The molecule has 0 aromatic carbocycles. The lowest BCUT2D eigenvalue weighted by Crippen LogP contribution is -2.37. The summed E-state index contributed by atoms with van der Waals surface area (Å²) >= 11 is 0. The molecule has 0 saturated carbocycles. The number of hydrogen-bond donors (Lipinski definition) is 0. The largest absolute Gasteiger partial charge is 0.375 e. The van der Waals surface area contributed by atoms with Crippen molar-refractivity contribution in [3.8, 4) is 0 Å². The molecule has 2 heterocycles. The van der Waals surface area contributed by atoms with Gasteiger partial charge in [0, 0.05) is 58.1 Å². The molecule has 1 aliphatic heterocycles. The number of carbonyl (C=O) groups excluding carboxylic acids is 1. The summed E-state index contributed by atoms with van der Waals surface area (Å²) in [6.45, 7) is 7.62. The first kappa shape index (κ1) is 15.0. The maximum absolute atomic E-state index is 11.8. The predicted octanol–water partition coefficient (Wildman–Crippen LogP) is 0.584. The normalized spacial score (nSPS) is 17.2. The fraction of sp³-hybridized carbons (Fsp3) is 0.714. The SMILES string of the molecule is CCn1cc(CN2CCCN(C(=O)COC)CC2)cn1. The number of methoxy groups -OCH3 is 1. The summed E-state index contributed by atoms with van der Waals surface area (Å²) in [7, 11) is 1.56. The zero-order valence-electron chi connectivity index (χ0n) is 12.4. The molecule has 6 heteroatoms. The number of aromatic nitrogens is 2. The average molecular weight is 280 g/mol. The Hall–Kier alpha value is -1.40. The van der Waals surface area contributed by atoms with Gasteiger partial charge in [-0.15, -0.1) is 0 Å². The van der Waals surface area contributed by atoms with Crippen LogP contribution < -0.4 is 0 Å². The van der Waals surface area contributed by atoms with Crippen molar-refractivity contribution < 1.29 is 9.53 Å². The first-order valence-electron chi connectivity index (χ1n) is 7.23. The Morgan fingerprint density at radius 3 is 2.90 bits per heavy atom. The maximum atomic E-state index is 11.8. The summed E-state index contributed by atoms with van der Waals surface area (Å²) < 4.78 is 6.87. The topological polar surface area (TPSA) is 50.6 Å². The number of amides is 1. The van der Waals surface area contributed by atoms with Crippen LogP contribution in [0.15, 0.2) is 12.4 Å². The van der Waals surface area contributed by atoms with E-state index < -0.39 is 0 Å². The van der Waals surface area contributed by atoms with Crippen molar-refractivity contribution in [1.82, 2.24) is 19.6 Å². The van der Waals surface area contributed by atoms with Crippen LogP contribution in [0.5, 0.6) is 0 Å². The van der Waals surface area contributed by atoms with Crippen LogP contribution in [0.25, 0.3) is 0 Å². The van der Waals surface area contributed by atoms with Crippen LogP contribution in [-0.2, 0) is 22.6 Å². The lowest BCUT2D eigenvalue weighted by molar-refractivity contribution is -0.135. The molecule has 112 valence electrons. The van der Waals surface area contributed by atoms with Gasteiger partial charge in [-0.05, 0) is 13.3 Å². The third-order valence-electron chi connectivity index (χ3n) is 3.63. The van der Waals surface area contributed by atoms with Crippen LogP contribution in [0.2, 0.25) is 0 Å². The van der Waals surface area contributed by atoms with Crippen LogP contribution in [-0.4, -0.2) is 65.4 Å². The molecule has 2 rings (SSSR count). The third kappa shape index (κ3) is 4.05. The highest BCUT2D eigenvalue weighted by molar-refractivity contribution is 5.77. The molecular weight excluding hydrogens is 256 g/mol. The molecule has 1 aromatic rings. The molecule has 20 heavy (non-hydrogen) atoms. The van der Waals surface area contributed by atoms with Crippen molar-refractivity contribution in [2.24, 2.45) is 0 Å². The van der Waals surface area contributed by atoms with Gasteiger partial charge in [-0.25, -0.2) is 0 Å². The molecule has 0 bridgehead atoms. The first-order chi connectivity index (χ1) is 9.72. The minimum Gasteiger partial charge on any atom is -0.375 e. The number of nitrogens with zero attached hydrogens (tertiary/aromatic N) is 4. The van der Waals surface area contributed by atoms with E-state index in [0.29, 0.717) is 0 Å². The van der Waals surface area contributed by atoms with E-state index >= 15 is 0 Å². The molecule has 1 amide bonds. The highest BCUT2D eigenvalue weighted by atomic mass is 16.5. The molecule has 0 aliphatic carbocycles. The molecule has 1 saturated heterocycles. The number of ether oxygens (including phenoxy) is 1. The van der Waals surface area contributed by atoms with Crippen molar-refractivity contribution in [3.63, 3.8) is 0 Å². The highest BCUT2D eigenvalue weighted by Crippen LogP contribution is 2.09. The molecule has 0 unspecified atom stereocenters. The van der Waals surface area contributed by atoms with Crippen molar-refractivity contribution >= 4 is 5.91 Å². The lowest BCUT2D eigenvalue weighted by atomic mass is 10.3. The van der Waals surface area contributed by atoms with Gasteiger partial charge < -0.3 is 9.64 Å². The van der Waals surface area contributed by atoms with E-state index in [1.165, 1.54) is 5.56 Å². The molecule has 1 fully saturated rings. The molecule has 0 N–H and O–H groups in total. The second-order valence-electron chi connectivity index (χ2n) is 5.15. The van der Waals surface area contributed by atoms with Crippen molar-refractivity contribution in [1.29, 1.82) is 0 Å². The van der Waals surface area contributed by atoms with Gasteiger partial charge in [0.1, 0.15) is 6.61 Å². The van der Waals surface area contributed by atoms with E-state index in [1.54, 1.807) is 7.11 Å². The van der Waals surface area contributed by atoms with E-state index in [1.807, 2.05) is 15.8 Å². The summed E-state index contributed by atoms with van der Waals surface area (Å²) in [5, 5.41) is 4.30. The van der Waals surface area contributed by atoms with Crippen LogP contribution >= 0.6 is 0 Å². The monoisotopic (exact) mass is 280 g/mol. The van der Waals surface area contributed by atoms with Crippen LogP contribution in [0.4, 0.5) is 0 Å². The summed E-state index contributed by atoms with van der Waals surface area (Å²) in [5.41, 5.74) is 1.24. The van der Waals surface area contributed by atoms with Crippen LogP contribution in [0.3, 0.4) is 0 Å². The van der Waals surface area contributed by atoms with Crippen molar-refractivity contribution in [2.45, 2.75) is 26.4 Å². The number of carbonyl (C=O) groups is 1. The van der Waals surface area contributed by atoms with Gasteiger partial charge in [0.05, 0.1) is 6.20 Å². The fourth-order valence-electron chi connectivity index (χ4n) is 2.51. The summed E-state index contributed by atoms with van der Waals surface area (Å²) in [6, 6.07) is 0. The third-order valence-corrected chi connectivity index (χ3v) is 3.63. The molecule has 0 spiro atoms. The van der Waals surface area contributed by atoms with E-state index in [0.717, 1.165) is 45.7 Å². The first-order valence-corrected chi connectivity index (χ1v) is 7.23. The molecule has 0 atom stereocenters. The fourth-order valence-corrected chi connectivity index (χ4v) is 2.51. The van der Waals surface area contributed by atoms with Crippen LogP contribution in [0, 0.1) is 0 Å². The van der Waals surface area contributed by atoms with Crippen molar-refractivity contribution in [3.05, 3.63) is 18.0 Å². The minimum atomic E-state index is 0.0909. The van der Waals surface area contributed by atoms with E-state index in [-0.39, 0.29) is 12.5 Å². The Balaban J connectivity index is 1.84. The second kappa shape index (κ2) is 7.40. The van der Waals surface area contributed by atoms with E-state index in [2.05, 4.69) is 23.1 Å². The highest BCUT2D eigenvalue weighted by Gasteiger charge is 2.19. The van der Waals surface area contributed by atoms with Gasteiger partial charge in [0.25, 0.3) is 0 Å². The van der Waals surface area contributed by atoms with Gasteiger partial charge in [-0.3, -0.25) is 14.4 Å². The number of hydrogen-bond acceptors (Lipinski definition) is 4. The molecule has 0 radical (unpaired) electrons. The van der Waals surface area contributed by atoms with Gasteiger partial charge in [0.15, 0.2) is 0 Å². The van der Waals surface area contributed by atoms with Gasteiger partial charge >= 0.3 is 0 Å². The average Bonchev–Trinajstić information content (AvgIpc) is 2.76. The van der Waals surface area contributed by atoms with E-state index in [4.69, 9.17) is 4.74 Å². The van der Waals surface area contributed by atoms with Gasteiger partial charge in [-0.1, -0.05) is 0 Å². The maximum Gasteiger partial charge on any atom is 0.248 e. The Bertz CT molecular complexity index is 433. The summed E-state index contributed by atoms with van der Waals surface area (Å²) in [5.74, 6) is 0.0909. The smallest absolute Gasteiger partial charge is 0.248 e. The zero-order valence-corrected chi connectivity index (χ0v) is 12.4. The second-order valence-corrected chi connectivity index (χ2v) is 5.15. The van der Waals surface area contributed by atoms with Gasteiger partial charge in [0.2, 0.25) is 5.91 Å². The predicted molar refractivity (Wildman–Crippen MR) is 76.3 cm³/mol. The minimum absolute atomic E-state index is 0.0909. The zero-order chi connectivity index (χ0) is 14.4. The van der Waals surface area contributed by atoms with Gasteiger partial charge in [-0.2, -0.15) is 5.10 Å². The number of rotatable bonds is 5. The Morgan fingerprint density at radius 1 is 1.35 bits per heavy atom. The molecule has 6 nitrogen and oxygen atoms in total. The number of aryl methyl sites for hydroxylation is 1. The lowest BCUT2D eigenvalue weighted by Gasteiger charge is -2.21. The molecule has 1 aromatic heterocycles. The summed E-state index contributed by atoms with van der Waals surface area (Å²) in [6.07, 6.45) is 5.04. The quantitative estimate of drug-likeness (QED) is 0.792. The van der Waals surface area contributed by atoms with Crippen molar-refractivity contribution in [2.75, 3.05) is 39.9 Å². The van der Waals surface area contributed by atoms with E-state index in [9.17, 15) is 4.79 Å². The Kier molecular flexibility index (Phi) is 5.55. The molecule has 1 aliphatic rings. The Morgan fingerprint density at radius 2 is 2.20 bits per heavy atom. The Labute approximate surface area is 120 Å².